The third kappa shape index (κ3) is 4.62. The fraction of sp³-hybridized carbons (Fsp3) is 0.538. The second kappa shape index (κ2) is 7.15. The van der Waals surface area contributed by atoms with Crippen LogP contribution in [0.3, 0.4) is 0 Å². The van der Waals surface area contributed by atoms with Crippen LogP contribution in [0.5, 0.6) is 0 Å². The van der Waals surface area contributed by atoms with Crippen molar-refractivity contribution in [1.29, 1.82) is 0 Å². The molecule has 21 heavy (non-hydrogen) atoms. The number of halogens is 2. The van der Waals surface area contributed by atoms with Gasteiger partial charge < -0.3 is 10.5 Å². The average molecular weight is 322 g/mol. The number of hydrogen-bond acceptors (Lipinski definition) is 4. The molecule has 0 unspecified atom stereocenters. The molecule has 0 saturated heterocycles. The number of sulfonamides is 1. The molecule has 0 aliphatic carbocycles. The molecule has 8 heteroatoms. The lowest BCUT2D eigenvalue weighted by Gasteiger charge is -2.16. The standard InChI is InChI=1S/C13H20F2N2O3S/c1-8-6-11(16)10(3)13(9(8)2)21(18,19)17-4-5-20-7-12(14)15/h6,12,17H,4-5,7,16H2,1-3H3. The predicted molar refractivity (Wildman–Crippen MR) is 77.1 cm³/mol. The first-order valence-corrected chi connectivity index (χ1v) is 7.87. The van der Waals surface area contributed by atoms with Crippen molar-refractivity contribution in [3.8, 4) is 0 Å². The minimum Gasteiger partial charge on any atom is -0.398 e. The highest BCUT2D eigenvalue weighted by molar-refractivity contribution is 7.89. The molecule has 0 heterocycles. The van der Waals surface area contributed by atoms with E-state index in [0.717, 1.165) is 5.56 Å². The van der Waals surface area contributed by atoms with E-state index in [9.17, 15) is 17.2 Å². The molecule has 0 bridgehead atoms. The Morgan fingerprint density at radius 3 is 2.48 bits per heavy atom. The fourth-order valence-electron chi connectivity index (χ4n) is 1.94. The summed E-state index contributed by atoms with van der Waals surface area (Å²) in [6.07, 6.45) is -2.57. The predicted octanol–water partition coefficient (Wildman–Crippen LogP) is 1.75. The van der Waals surface area contributed by atoms with Gasteiger partial charge >= 0.3 is 0 Å². The van der Waals surface area contributed by atoms with E-state index in [1.165, 1.54) is 0 Å². The number of alkyl halides is 2. The minimum absolute atomic E-state index is 0.0816. The van der Waals surface area contributed by atoms with E-state index in [2.05, 4.69) is 9.46 Å². The van der Waals surface area contributed by atoms with E-state index in [1.807, 2.05) is 0 Å². The first-order chi connectivity index (χ1) is 9.66. The van der Waals surface area contributed by atoms with Crippen molar-refractivity contribution in [2.75, 3.05) is 25.5 Å². The maximum absolute atomic E-state index is 12.3. The smallest absolute Gasteiger partial charge is 0.261 e. The van der Waals surface area contributed by atoms with Gasteiger partial charge in [-0.15, -0.1) is 0 Å². The number of rotatable bonds is 7. The zero-order chi connectivity index (χ0) is 16.2. The van der Waals surface area contributed by atoms with Crippen LogP contribution in [0.2, 0.25) is 0 Å². The normalized spacial score (nSPS) is 12.1. The van der Waals surface area contributed by atoms with E-state index in [0.29, 0.717) is 16.8 Å². The van der Waals surface area contributed by atoms with Gasteiger partial charge in [0.15, 0.2) is 0 Å². The molecular formula is C13H20F2N2O3S. The number of hydrogen-bond donors (Lipinski definition) is 2. The molecule has 0 atom stereocenters. The second-order valence-corrected chi connectivity index (χ2v) is 6.43. The Bertz CT molecular complexity index is 578. The summed E-state index contributed by atoms with van der Waals surface area (Å²) in [5.41, 5.74) is 8.05. The lowest BCUT2D eigenvalue weighted by molar-refractivity contribution is 0.0199. The van der Waals surface area contributed by atoms with Gasteiger partial charge in [0.1, 0.15) is 6.61 Å². The number of benzene rings is 1. The van der Waals surface area contributed by atoms with E-state index < -0.39 is 23.1 Å². The molecule has 0 spiro atoms. The maximum Gasteiger partial charge on any atom is 0.261 e. The van der Waals surface area contributed by atoms with Crippen LogP contribution in [-0.2, 0) is 14.8 Å². The van der Waals surface area contributed by atoms with Crippen LogP contribution >= 0.6 is 0 Å². The first-order valence-electron chi connectivity index (χ1n) is 6.38. The fourth-order valence-corrected chi connectivity index (χ4v) is 3.52. The van der Waals surface area contributed by atoms with E-state index in [-0.39, 0.29) is 18.0 Å². The lowest BCUT2D eigenvalue weighted by Crippen LogP contribution is -2.29. The molecule has 1 aromatic rings. The summed E-state index contributed by atoms with van der Waals surface area (Å²) in [4.78, 5) is 0.133. The average Bonchev–Trinajstić information content (AvgIpc) is 2.35. The van der Waals surface area contributed by atoms with Gasteiger partial charge in [-0.05, 0) is 43.5 Å². The molecule has 5 nitrogen and oxygen atoms in total. The Hall–Kier alpha value is -1.25. The Kier molecular flexibility index (Phi) is 6.06. The van der Waals surface area contributed by atoms with Crippen LogP contribution in [-0.4, -0.2) is 34.6 Å². The quantitative estimate of drug-likeness (QED) is 0.592. The van der Waals surface area contributed by atoms with Gasteiger partial charge in [-0.2, -0.15) is 0 Å². The van der Waals surface area contributed by atoms with Crippen molar-refractivity contribution < 1.29 is 21.9 Å². The topological polar surface area (TPSA) is 81.4 Å². The molecular weight excluding hydrogens is 302 g/mol. The highest BCUT2D eigenvalue weighted by Crippen LogP contribution is 2.27. The molecule has 0 aromatic heterocycles. The molecule has 3 N–H and O–H groups in total. The van der Waals surface area contributed by atoms with Crippen LogP contribution in [0.1, 0.15) is 16.7 Å². The summed E-state index contributed by atoms with van der Waals surface area (Å²) < 4.78 is 55.3. The number of nitrogens with two attached hydrogens (primary N) is 1. The minimum atomic E-state index is -3.76. The van der Waals surface area contributed by atoms with Gasteiger partial charge in [-0.3, -0.25) is 0 Å². The lowest BCUT2D eigenvalue weighted by atomic mass is 10.1. The molecule has 120 valence electrons. The summed E-state index contributed by atoms with van der Waals surface area (Å²) >= 11 is 0. The SMILES string of the molecule is Cc1cc(N)c(C)c(S(=O)(=O)NCCOCC(F)F)c1C. The van der Waals surface area contributed by atoms with Gasteiger partial charge in [-0.25, -0.2) is 21.9 Å². The van der Waals surface area contributed by atoms with Crippen LogP contribution < -0.4 is 10.5 Å². The van der Waals surface area contributed by atoms with Crippen molar-refractivity contribution in [2.24, 2.45) is 0 Å². The van der Waals surface area contributed by atoms with Crippen molar-refractivity contribution in [1.82, 2.24) is 4.72 Å². The Labute approximate surface area is 123 Å². The van der Waals surface area contributed by atoms with E-state index in [4.69, 9.17) is 5.73 Å². The van der Waals surface area contributed by atoms with Gasteiger partial charge in [0.2, 0.25) is 10.0 Å². The Morgan fingerprint density at radius 1 is 1.29 bits per heavy atom. The van der Waals surface area contributed by atoms with Crippen molar-refractivity contribution in [3.05, 3.63) is 22.8 Å². The summed E-state index contributed by atoms with van der Waals surface area (Å²) in [6, 6.07) is 1.72. The van der Waals surface area contributed by atoms with Gasteiger partial charge in [0.25, 0.3) is 6.43 Å². The summed E-state index contributed by atoms with van der Waals surface area (Å²) in [6.45, 7) is 4.19. The number of aryl methyl sites for hydroxylation is 1. The molecule has 0 radical (unpaired) electrons. The van der Waals surface area contributed by atoms with E-state index >= 15 is 0 Å². The summed E-state index contributed by atoms with van der Waals surface area (Å²) in [7, 11) is -3.76. The molecule has 0 aliphatic heterocycles. The largest absolute Gasteiger partial charge is 0.398 e. The van der Waals surface area contributed by atoms with Gasteiger partial charge in [0.05, 0.1) is 11.5 Å². The Balaban J connectivity index is 2.84. The van der Waals surface area contributed by atoms with Crippen molar-refractivity contribution in [2.45, 2.75) is 32.1 Å². The number of nitrogen functional groups attached to an aromatic ring is 1. The zero-order valence-electron chi connectivity index (χ0n) is 12.2. The third-order valence-electron chi connectivity index (χ3n) is 3.13. The molecule has 0 amide bonds. The van der Waals surface area contributed by atoms with E-state index in [1.54, 1.807) is 26.8 Å². The number of nitrogens with one attached hydrogen (secondary N) is 1. The van der Waals surface area contributed by atoms with Crippen LogP contribution in [0.15, 0.2) is 11.0 Å². The highest BCUT2D eigenvalue weighted by Gasteiger charge is 2.21. The van der Waals surface area contributed by atoms with Crippen LogP contribution in [0.25, 0.3) is 0 Å². The zero-order valence-corrected chi connectivity index (χ0v) is 13.1. The molecule has 1 aromatic carbocycles. The van der Waals surface area contributed by atoms with Gasteiger partial charge in [-0.1, -0.05) is 0 Å². The van der Waals surface area contributed by atoms with Crippen molar-refractivity contribution in [3.63, 3.8) is 0 Å². The van der Waals surface area contributed by atoms with Gasteiger partial charge in [0, 0.05) is 12.2 Å². The maximum atomic E-state index is 12.3. The van der Waals surface area contributed by atoms with Crippen LogP contribution in [0, 0.1) is 20.8 Å². The third-order valence-corrected chi connectivity index (χ3v) is 4.86. The summed E-state index contributed by atoms with van der Waals surface area (Å²) in [5, 5.41) is 0. The number of ether oxygens (including phenoxy) is 1. The monoisotopic (exact) mass is 322 g/mol. The second-order valence-electron chi connectivity index (χ2n) is 4.73. The summed E-state index contributed by atoms with van der Waals surface area (Å²) in [5.74, 6) is 0. The molecule has 1 rings (SSSR count). The first kappa shape index (κ1) is 17.8. The number of anilines is 1. The molecule has 0 saturated carbocycles. The molecule has 0 fully saturated rings. The highest BCUT2D eigenvalue weighted by atomic mass is 32.2. The van der Waals surface area contributed by atoms with Crippen LogP contribution in [0.4, 0.5) is 14.5 Å². The Morgan fingerprint density at radius 2 is 1.90 bits per heavy atom. The van der Waals surface area contributed by atoms with Crippen molar-refractivity contribution >= 4 is 15.7 Å². The molecule has 0 aliphatic rings.